The predicted octanol–water partition coefficient (Wildman–Crippen LogP) is -0.395. The van der Waals surface area contributed by atoms with E-state index in [1.807, 2.05) is 0 Å². The summed E-state index contributed by atoms with van der Waals surface area (Å²) < 4.78 is 4.50. The number of carbonyl (C=O) groups excluding carboxylic acids is 1. The quantitative estimate of drug-likeness (QED) is 0.311. The first kappa shape index (κ1) is 10.3. The minimum Gasteiger partial charge on any atom is -0.432 e. The van der Waals surface area contributed by atoms with Crippen molar-refractivity contribution in [3.8, 4) is 0 Å². The van der Waals surface area contributed by atoms with Gasteiger partial charge in [0.05, 0.1) is 0 Å². The van der Waals surface area contributed by atoms with E-state index in [1.54, 1.807) is 6.92 Å². The molecule has 0 aromatic heterocycles. The van der Waals surface area contributed by atoms with Gasteiger partial charge in [0.1, 0.15) is 12.3 Å². The Morgan fingerprint density at radius 2 is 2.27 bits per heavy atom. The van der Waals surface area contributed by atoms with Crippen LogP contribution in [0.15, 0.2) is 12.5 Å². The highest BCUT2D eigenvalue weighted by Crippen LogP contribution is 1.99. The van der Waals surface area contributed by atoms with Gasteiger partial charge < -0.3 is 16.2 Å². The van der Waals surface area contributed by atoms with E-state index in [1.165, 1.54) is 0 Å². The maximum absolute atomic E-state index is 10.8. The van der Waals surface area contributed by atoms with Crippen LogP contribution in [-0.4, -0.2) is 17.3 Å². The third kappa shape index (κ3) is 3.90. The molecule has 0 aliphatic heterocycles. The Kier molecular flexibility index (Phi) is 4.72. The molecule has 0 unspecified atom stereocenters. The third-order valence-corrected chi connectivity index (χ3v) is 1.38. The highest BCUT2D eigenvalue weighted by atomic mass is 32.1. The molecular formula is C6H12N2O2S. The lowest BCUT2D eigenvalue weighted by atomic mass is 10.2. The van der Waals surface area contributed by atoms with Gasteiger partial charge in [0.15, 0.2) is 0 Å². The molecule has 0 fully saturated rings. The molecule has 0 aliphatic rings. The fraction of sp³-hybridized carbons (Fsp3) is 0.500. The molecule has 5 heteroatoms. The molecule has 0 spiro atoms. The van der Waals surface area contributed by atoms with E-state index in [2.05, 4.69) is 17.4 Å². The van der Waals surface area contributed by atoms with E-state index >= 15 is 0 Å². The number of nitrogens with two attached hydrogens (primary N) is 2. The number of hydrogen-bond donors (Lipinski definition) is 3. The van der Waals surface area contributed by atoms with Crippen LogP contribution in [0.1, 0.15) is 6.92 Å². The minimum atomic E-state index is -0.713. The number of ether oxygens (including phenoxy) is 1. The molecule has 11 heavy (non-hydrogen) atoms. The van der Waals surface area contributed by atoms with Gasteiger partial charge in [-0.1, -0.05) is 6.92 Å². The molecule has 0 aliphatic carbocycles. The summed E-state index contributed by atoms with van der Waals surface area (Å²) in [6.07, 6.45) is 2.20. The molecule has 4 N–H and O–H groups in total. The molecule has 0 amide bonds. The molecule has 4 nitrogen and oxygen atoms in total. The lowest BCUT2D eigenvalue weighted by Crippen LogP contribution is -2.38. The summed E-state index contributed by atoms with van der Waals surface area (Å²) in [5, 5.41) is -0.228. The van der Waals surface area contributed by atoms with Crippen LogP contribution in [-0.2, 0) is 9.53 Å². The molecule has 0 aromatic carbocycles. The molecule has 0 aromatic rings. The first-order valence-corrected chi connectivity index (χ1v) is 3.62. The summed E-state index contributed by atoms with van der Waals surface area (Å²) in [4.78, 5) is 10.8. The standard InChI is InChI=1S/C6H12N2O2S/c1-4(11)5(8)6(9)10-3-2-7/h2-5,11H,7-8H2,1H3/b3-2-/t4-,5+/m0/s1. The summed E-state index contributed by atoms with van der Waals surface area (Å²) in [6, 6.07) is -0.713. The van der Waals surface area contributed by atoms with Crippen molar-refractivity contribution in [2.45, 2.75) is 18.2 Å². The Morgan fingerprint density at radius 1 is 1.73 bits per heavy atom. The number of esters is 1. The summed E-state index contributed by atoms with van der Waals surface area (Å²) in [5.41, 5.74) is 10.3. The highest BCUT2D eigenvalue weighted by Gasteiger charge is 2.18. The third-order valence-electron chi connectivity index (χ3n) is 1.05. The van der Waals surface area contributed by atoms with Gasteiger partial charge in [-0.2, -0.15) is 12.6 Å². The van der Waals surface area contributed by atoms with Crippen molar-refractivity contribution in [1.82, 2.24) is 0 Å². The number of rotatable bonds is 3. The molecule has 2 atom stereocenters. The van der Waals surface area contributed by atoms with Crippen molar-refractivity contribution in [3.05, 3.63) is 12.5 Å². The fourth-order valence-corrected chi connectivity index (χ4v) is 0.504. The topological polar surface area (TPSA) is 78.3 Å². The number of carbonyl (C=O) groups is 1. The molecule has 0 radical (unpaired) electrons. The minimum absolute atomic E-state index is 0.228. The van der Waals surface area contributed by atoms with Crippen molar-refractivity contribution >= 4 is 18.6 Å². The normalized spacial score (nSPS) is 16.3. The molecular weight excluding hydrogens is 164 g/mol. The SMILES string of the molecule is C[C@H](S)[C@@H](N)C(=O)O/C=C\N. The molecule has 0 rings (SSSR count). The second-order valence-corrected chi connectivity index (χ2v) is 2.85. The second kappa shape index (κ2) is 5.03. The average Bonchev–Trinajstić information content (AvgIpc) is 1.98. The summed E-state index contributed by atoms with van der Waals surface area (Å²) in [6.45, 7) is 1.71. The largest absolute Gasteiger partial charge is 0.432 e. The summed E-state index contributed by atoms with van der Waals surface area (Å²) >= 11 is 3.97. The van der Waals surface area contributed by atoms with E-state index in [0.717, 1.165) is 12.5 Å². The van der Waals surface area contributed by atoms with Gasteiger partial charge in [0, 0.05) is 11.4 Å². The van der Waals surface area contributed by atoms with Crippen LogP contribution in [0.4, 0.5) is 0 Å². The molecule has 0 heterocycles. The Morgan fingerprint density at radius 3 is 2.64 bits per heavy atom. The molecule has 0 saturated heterocycles. The number of thiol groups is 1. The molecule has 0 bridgehead atoms. The maximum Gasteiger partial charge on any atom is 0.328 e. The van der Waals surface area contributed by atoms with Crippen LogP contribution in [0, 0.1) is 0 Å². The highest BCUT2D eigenvalue weighted by molar-refractivity contribution is 7.81. The van der Waals surface area contributed by atoms with Crippen molar-refractivity contribution in [2.75, 3.05) is 0 Å². The fourth-order valence-electron chi connectivity index (χ4n) is 0.382. The van der Waals surface area contributed by atoms with Crippen LogP contribution in [0.5, 0.6) is 0 Å². The van der Waals surface area contributed by atoms with Crippen molar-refractivity contribution in [2.24, 2.45) is 11.5 Å². The lowest BCUT2D eigenvalue weighted by Gasteiger charge is -2.10. The van der Waals surface area contributed by atoms with Crippen molar-refractivity contribution in [1.29, 1.82) is 0 Å². The Balaban J connectivity index is 3.83. The van der Waals surface area contributed by atoms with Gasteiger partial charge in [-0.15, -0.1) is 0 Å². The van der Waals surface area contributed by atoms with E-state index in [0.29, 0.717) is 0 Å². The lowest BCUT2D eigenvalue weighted by molar-refractivity contribution is -0.139. The van der Waals surface area contributed by atoms with Crippen LogP contribution in [0.3, 0.4) is 0 Å². The van der Waals surface area contributed by atoms with Gasteiger partial charge in [0.25, 0.3) is 0 Å². The Hall–Kier alpha value is -0.680. The van der Waals surface area contributed by atoms with E-state index in [-0.39, 0.29) is 5.25 Å². The number of hydrogen-bond acceptors (Lipinski definition) is 5. The first-order chi connectivity index (χ1) is 5.09. The van der Waals surface area contributed by atoms with E-state index in [4.69, 9.17) is 11.5 Å². The summed E-state index contributed by atoms with van der Waals surface area (Å²) in [5.74, 6) is -0.533. The monoisotopic (exact) mass is 176 g/mol. The van der Waals surface area contributed by atoms with Crippen LogP contribution < -0.4 is 11.5 Å². The smallest absolute Gasteiger partial charge is 0.328 e. The van der Waals surface area contributed by atoms with Crippen LogP contribution in [0.2, 0.25) is 0 Å². The molecule has 0 saturated carbocycles. The van der Waals surface area contributed by atoms with Crippen LogP contribution >= 0.6 is 12.6 Å². The Labute approximate surface area is 71.0 Å². The molecule has 64 valence electrons. The van der Waals surface area contributed by atoms with Gasteiger partial charge in [-0.25, -0.2) is 4.79 Å². The second-order valence-electron chi connectivity index (χ2n) is 2.03. The predicted molar refractivity (Wildman–Crippen MR) is 45.8 cm³/mol. The van der Waals surface area contributed by atoms with Gasteiger partial charge >= 0.3 is 5.97 Å². The maximum atomic E-state index is 10.8. The summed E-state index contributed by atoms with van der Waals surface area (Å²) in [7, 11) is 0. The average molecular weight is 176 g/mol. The van der Waals surface area contributed by atoms with Gasteiger partial charge in [-0.3, -0.25) is 0 Å². The zero-order chi connectivity index (χ0) is 8.85. The Bertz CT molecular complexity index is 159. The van der Waals surface area contributed by atoms with Gasteiger partial charge in [0.2, 0.25) is 0 Å². The first-order valence-electron chi connectivity index (χ1n) is 3.10. The zero-order valence-electron chi connectivity index (χ0n) is 6.23. The van der Waals surface area contributed by atoms with Crippen LogP contribution in [0.25, 0.3) is 0 Å². The van der Waals surface area contributed by atoms with Crippen molar-refractivity contribution in [3.63, 3.8) is 0 Å². The van der Waals surface area contributed by atoms with E-state index in [9.17, 15) is 4.79 Å². The zero-order valence-corrected chi connectivity index (χ0v) is 7.12. The van der Waals surface area contributed by atoms with E-state index < -0.39 is 12.0 Å². The van der Waals surface area contributed by atoms with Gasteiger partial charge in [-0.05, 0) is 0 Å². The van der Waals surface area contributed by atoms with Crippen molar-refractivity contribution < 1.29 is 9.53 Å².